The van der Waals surface area contributed by atoms with E-state index in [-0.39, 0.29) is 23.2 Å². The van der Waals surface area contributed by atoms with E-state index in [1.807, 2.05) is 4.90 Å². The fraction of sp³-hybridized carbons (Fsp3) is 0.421. The first-order chi connectivity index (χ1) is 13.3. The average molecular weight is 394 g/mol. The summed E-state index contributed by atoms with van der Waals surface area (Å²) in [5, 5.41) is 11.7. The summed E-state index contributed by atoms with van der Waals surface area (Å²) in [5.74, 6) is -0.482. The van der Waals surface area contributed by atoms with Gasteiger partial charge in [0.2, 0.25) is 5.95 Å². The minimum atomic E-state index is -4.53. The first-order valence-electron chi connectivity index (χ1n) is 9.03. The number of alkyl halides is 3. The van der Waals surface area contributed by atoms with Gasteiger partial charge in [-0.05, 0) is 43.4 Å². The lowest BCUT2D eigenvalue weighted by Gasteiger charge is -2.20. The molecule has 0 spiro atoms. The topological polar surface area (TPSA) is 78.4 Å². The van der Waals surface area contributed by atoms with Crippen molar-refractivity contribution >= 4 is 17.7 Å². The minimum Gasteiger partial charge on any atom is -0.478 e. The molecule has 1 aliphatic rings. The molecule has 2 N–H and O–H groups in total. The summed E-state index contributed by atoms with van der Waals surface area (Å²) >= 11 is 0. The van der Waals surface area contributed by atoms with Gasteiger partial charge >= 0.3 is 12.1 Å². The second kappa shape index (κ2) is 8.04. The van der Waals surface area contributed by atoms with Crippen molar-refractivity contribution in [2.75, 3.05) is 29.9 Å². The maximum atomic E-state index is 13.2. The number of halogens is 3. The highest BCUT2D eigenvalue weighted by atomic mass is 19.4. The van der Waals surface area contributed by atoms with Crippen molar-refractivity contribution in [3.63, 3.8) is 0 Å². The second-order valence-corrected chi connectivity index (χ2v) is 6.77. The standard InChI is InChI=1S/C19H21F3N4O2/c1-2-23-18-24-15(19(20,21)22)10-16(25-18)26-8-7-13(11-26)9-12-3-5-14(6-4-12)17(27)28/h3-6,10,13H,2,7-9,11H2,1H3,(H,27,28)(H,23,24,25). The third kappa shape index (κ3) is 4.71. The molecule has 3 rings (SSSR count). The highest BCUT2D eigenvalue weighted by molar-refractivity contribution is 5.87. The van der Waals surface area contributed by atoms with Crippen LogP contribution in [0.2, 0.25) is 0 Å². The van der Waals surface area contributed by atoms with Crippen LogP contribution in [0.5, 0.6) is 0 Å². The summed E-state index contributed by atoms with van der Waals surface area (Å²) in [6.07, 6.45) is -2.98. The number of nitrogens with one attached hydrogen (secondary N) is 1. The van der Waals surface area contributed by atoms with Gasteiger partial charge < -0.3 is 15.3 Å². The number of aromatic carboxylic acids is 1. The Morgan fingerprint density at radius 1 is 1.29 bits per heavy atom. The van der Waals surface area contributed by atoms with Gasteiger partial charge in [-0.1, -0.05) is 12.1 Å². The van der Waals surface area contributed by atoms with Crippen molar-refractivity contribution in [2.24, 2.45) is 5.92 Å². The largest absolute Gasteiger partial charge is 0.478 e. The highest BCUT2D eigenvalue weighted by Gasteiger charge is 2.35. The van der Waals surface area contributed by atoms with Gasteiger partial charge in [0.15, 0.2) is 5.69 Å². The second-order valence-electron chi connectivity index (χ2n) is 6.77. The van der Waals surface area contributed by atoms with E-state index in [1.165, 1.54) is 0 Å². The molecule has 1 aliphatic heterocycles. The predicted octanol–water partition coefficient (Wildman–Crippen LogP) is 3.69. The summed E-state index contributed by atoms with van der Waals surface area (Å²) in [5.41, 5.74) is 0.276. The zero-order valence-electron chi connectivity index (χ0n) is 15.3. The molecule has 0 saturated carbocycles. The molecule has 28 heavy (non-hydrogen) atoms. The Morgan fingerprint density at radius 3 is 2.61 bits per heavy atom. The number of benzene rings is 1. The van der Waals surface area contributed by atoms with Crippen LogP contribution in [-0.4, -0.2) is 40.7 Å². The molecule has 1 unspecified atom stereocenters. The molecule has 2 heterocycles. The zero-order valence-corrected chi connectivity index (χ0v) is 15.3. The number of aromatic nitrogens is 2. The van der Waals surface area contributed by atoms with Crippen LogP contribution in [0.3, 0.4) is 0 Å². The molecule has 9 heteroatoms. The van der Waals surface area contributed by atoms with Gasteiger partial charge in [-0.2, -0.15) is 18.2 Å². The number of carboxylic acids is 1. The highest BCUT2D eigenvalue weighted by Crippen LogP contribution is 2.32. The van der Waals surface area contributed by atoms with E-state index in [9.17, 15) is 18.0 Å². The third-order valence-corrected chi connectivity index (χ3v) is 4.67. The van der Waals surface area contributed by atoms with E-state index in [0.717, 1.165) is 24.5 Å². The van der Waals surface area contributed by atoms with Crippen molar-refractivity contribution in [1.29, 1.82) is 0 Å². The monoisotopic (exact) mass is 394 g/mol. The maximum absolute atomic E-state index is 13.2. The zero-order chi connectivity index (χ0) is 20.3. The van der Waals surface area contributed by atoms with Crippen LogP contribution in [0, 0.1) is 5.92 Å². The molecule has 0 radical (unpaired) electrons. The van der Waals surface area contributed by atoms with Crippen LogP contribution < -0.4 is 10.2 Å². The van der Waals surface area contributed by atoms with Crippen LogP contribution in [-0.2, 0) is 12.6 Å². The van der Waals surface area contributed by atoms with Crippen LogP contribution >= 0.6 is 0 Å². The molecule has 6 nitrogen and oxygen atoms in total. The van der Waals surface area contributed by atoms with Crippen LogP contribution in [0.25, 0.3) is 0 Å². The molecule has 1 saturated heterocycles. The number of hydrogen-bond donors (Lipinski definition) is 2. The minimum absolute atomic E-state index is 0.0277. The summed E-state index contributed by atoms with van der Waals surface area (Å²) in [7, 11) is 0. The van der Waals surface area contributed by atoms with Gasteiger partial charge in [-0.25, -0.2) is 9.78 Å². The van der Waals surface area contributed by atoms with Crippen molar-refractivity contribution in [1.82, 2.24) is 9.97 Å². The van der Waals surface area contributed by atoms with E-state index in [4.69, 9.17) is 5.11 Å². The molecule has 0 aliphatic carbocycles. The molecule has 1 atom stereocenters. The number of nitrogens with zero attached hydrogens (tertiary/aromatic N) is 3. The number of rotatable bonds is 6. The van der Waals surface area contributed by atoms with Crippen molar-refractivity contribution < 1.29 is 23.1 Å². The smallest absolute Gasteiger partial charge is 0.433 e. The summed E-state index contributed by atoms with van der Waals surface area (Å²) < 4.78 is 39.5. The van der Waals surface area contributed by atoms with E-state index in [1.54, 1.807) is 31.2 Å². The Balaban J connectivity index is 1.72. The van der Waals surface area contributed by atoms with E-state index in [2.05, 4.69) is 15.3 Å². The molecule has 2 aromatic rings. The Hall–Kier alpha value is -2.84. The quantitative estimate of drug-likeness (QED) is 0.778. The predicted molar refractivity (Wildman–Crippen MR) is 98.6 cm³/mol. The van der Waals surface area contributed by atoms with E-state index >= 15 is 0 Å². The molecule has 1 aromatic heterocycles. The van der Waals surface area contributed by atoms with Gasteiger partial charge in [0.25, 0.3) is 0 Å². The normalized spacial score (nSPS) is 17.0. The first-order valence-corrected chi connectivity index (χ1v) is 9.03. The lowest BCUT2D eigenvalue weighted by atomic mass is 9.98. The van der Waals surface area contributed by atoms with Gasteiger partial charge in [-0.15, -0.1) is 0 Å². The van der Waals surface area contributed by atoms with Crippen molar-refractivity contribution in [2.45, 2.75) is 25.9 Å². The SMILES string of the molecule is CCNc1nc(N2CCC(Cc3ccc(C(=O)O)cc3)C2)cc(C(F)(F)F)n1. The maximum Gasteiger partial charge on any atom is 0.433 e. The fourth-order valence-electron chi connectivity index (χ4n) is 3.30. The average Bonchev–Trinajstić information content (AvgIpc) is 3.10. The van der Waals surface area contributed by atoms with Crippen molar-refractivity contribution in [3.05, 3.63) is 47.2 Å². The van der Waals surface area contributed by atoms with E-state index < -0.39 is 17.8 Å². The number of anilines is 2. The van der Waals surface area contributed by atoms with Crippen molar-refractivity contribution in [3.8, 4) is 0 Å². The number of carboxylic acid groups (broad SMARTS) is 1. The molecule has 1 fully saturated rings. The Kier molecular flexibility index (Phi) is 5.71. The Bertz CT molecular complexity index is 840. The van der Waals surface area contributed by atoms with Gasteiger partial charge in [0.05, 0.1) is 5.56 Å². The fourth-order valence-corrected chi connectivity index (χ4v) is 3.30. The van der Waals surface area contributed by atoms with Gasteiger partial charge in [0, 0.05) is 25.7 Å². The number of carbonyl (C=O) groups is 1. The Labute approximate surface area is 160 Å². The number of hydrogen-bond acceptors (Lipinski definition) is 5. The van der Waals surface area contributed by atoms with E-state index in [0.29, 0.717) is 19.6 Å². The summed E-state index contributed by atoms with van der Waals surface area (Å²) in [4.78, 5) is 20.5. The lowest BCUT2D eigenvalue weighted by molar-refractivity contribution is -0.141. The van der Waals surface area contributed by atoms with Crippen LogP contribution in [0.1, 0.15) is 35.0 Å². The molecular formula is C19H21F3N4O2. The molecular weight excluding hydrogens is 373 g/mol. The van der Waals surface area contributed by atoms with Crippen LogP contribution in [0.4, 0.5) is 24.9 Å². The van der Waals surface area contributed by atoms with Gasteiger partial charge in [0.1, 0.15) is 5.82 Å². The first kappa shape index (κ1) is 19.9. The van der Waals surface area contributed by atoms with Crippen LogP contribution in [0.15, 0.2) is 30.3 Å². The lowest BCUT2D eigenvalue weighted by Crippen LogP contribution is -2.23. The summed E-state index contributed by atoms with van der Waals surface area (Å²) in [6.45, 7) is 3.39. The molecule has 1 aromatic carbocycles. The third-order valence-electron chi connectivity index (χ3n) is 4.67. The molecule has 0 bridgehead atoms. The Morgan fingerprint density at radius 2 is 2.00 bits per heavy atom. The summed E-state index contributed by atoms with van der Waals surface area (Å²) in [6, 6.07) is 7.68. The molecule has 150 valence electrons. The van der Waals surface area contributed by atoms with Gasteiger partial charge in [-0.3, -0.25) is 0 Å². The molecule has 0 amide bonds.